The Kier molecular flexibility index (Phi) is 8.13. The van der Waals surface area contributed by atoms with Crippen molar-refractivity contribution in [3.63, 3.8) is 0 Å². The molecule has 0 amide bonds. The lowest BCUT2D eigenvalue weighted by atomic mass is 9.90. The van der Waals surface area contributed by atoms with Gasteiger partial charge in [-0.05, 0) is 30.7 Å². The Morgan fingerprint density at radius 1 is 1.13 bits per heavy atom. The van der Waals surface area contributed by atoms with Crippen molar-refractivity contribution in [1.29, 1.82) is 0 Å². The third-order valence-corrected chi connectivity index (χ3v) is 3.54. The molecule has 0 fully saturated rings. The second-order valence-electron chi connectivity index (χ2n) is 5.57. The highest BCUT2D eigenvalue weighted by Crippen LogP contribution is 2.18. The van der Waals surface area contributed by atoms with E-state index in [1.165, 1.54) is 38.6 Å². The average molecular weight is 213 g/mol. The van der Waals surface area contributed by atoms with Crippen LogP contribution < -0.4 is 5.32 Å². The van der Waals surface area contributed by atoms with Crippen molar-refractivity contribution in [2.24, 2.45) is 11.3 Å². The van der Waals surface area contributed by atoms with Crippen molar-refractivity contribution in [3.05, 3.63) is 0 Å². The van der Waals surface area contributed by atoms with Gasteiger partial charge >= 0.3 is 0 Å². The third-order valence-electron chi connectivity index (χ3n) is 3.54. The summed E-state index contributed by atoms with van der Waals surface area (Å²) >= 11 is 0. The molecule has 0 aliphatic carbocycles. The molecule has 0 aromatic rings. The molecule has 0 aromatic heterocycles. The minimum absolute atomic E-state index is 0.461. The Labute approximate surface area is 97.0 Å². The fourth-order valence-electron chi connectivity index (χ4n) is 1.68. The van der Waals surface area contributed by atoms with Gasteiger partial charge in [0.05, 0.1) is 0 Å². The highest BCUT2D eigenvalue weighted by atomic mass is 14.9. The first kappa shape index (κ1) is 15.0. The first-order valence-corrected chi connectivity index (χ1v) is 6.76. The lowest BCUT2D eigenvalue weighted by Crippen LogP contribution is -2.32. The average Bonchev–Trinajstić information content (AvgIpc) is 2.23. The van der Waals surface area contributed by atoms with Gasteiger partial charge in [0, 0.05) is 6.54 Å². The predicted octanol–water partition coefficient (Wildman–Crippen LogP) is 4.23. The molecule has 1 nitrogen and oxygen atoms in total. The van der Waals surface area contributed by atoms with E-state index in [0.717, 1.165) is 12.5 Å². The molecule has 1 unspecified atom stereocenters. The summed E-state index contributed by atoms with van der Waals surface area (Å²) in [6.07, 6.45) is 6.69. The summed E-state index contributed by atoms with van der Waals surface area (Å²) in [6.45, 7) is 13.9. The van der Waals surface area contributed by atoms with Crippen LogP contribution in [0.4, 0.5) is 0 Å². The fourth-order valence-corrected chi connectivity index (χ4v) is 1.68. The van der Waals surface area contributed by atoms with Gasteiger partial charge in [0.2, 0.25) is 0 Å². The van der Waals surface area contributed by atoms with Gasteiger partial charge in [0.25, 0.3) is 0 Å². The molecule has 1 atom stereocenters. The highest BCUT2D eigenvalue weighted by molar-refractivity contribution is 4.70. The van der Waals surface area contributed by atoms with Crippen LogP contribution in [0.15, 0.2) is 0 Å². The number of unbranched alkanes of at least 4 members (excludes halogenated alkanes) is 1. The lowest BCUT2D eigenvalue weighted by Gasteiger charge is -2.25. The first-order valence-electron chi connectivity index (χ1n) is 6.76. The van der Waals surface area contributed by atoms with Gasteiger partial charge in [-0.25, -0.2) is 0 Å². The van der Waals surface area contributed by atoms with Crippen LogP contribution in [0.2, 0.25) is 0 Å². The number of nitrogens with one attached hydrogen (secondary N) is 1. The molecule has 0 aliphatic heterocycles. The lowest BCUT2D eigenvalue weighted by molar-refractivity contribution is 0.308. The van der Waals surface area contributed by atoms with Gasteiger partial charge < -0.3 is 5.32 Å². The van der Waals surface area contributed by atoms with E-state index in [4.69, 9.17) is 0 Å². The van der Waals surface area contributed by atoms with Crippen LogP contribution in [0.5, 0.6) is 0 Å². The summed E-state index contributed by atoms with van der Waals surface area (Å²) in [7, 11) is 0. The quantitative estimate of drug-likeness (QED) is 0.604. The number of hydrogen-bond acceptors (Lipinski definition) is 1. The smallest absolute Gasteiger partial charge is 0.000253 e. The summed E-state index contributed by atoms with van der Waals surface area (Å²) in [5.74, 6) is 0.887. The highest BCUT2D eigenvalue weighted by Gasteiger charge is 2.14. The Bertz CT molecular complexity index is 140. The molecule has 1 heteroatoms. The molecule has 0 aromatic carbocycles. The zero-order chi connectivity index (χ0) is 11.7. The molecule has 92 valence electrons. The van der Waals surface area contributed by atoms with E-state index >= 15 is 0 Å². The zero-order valence-electron chi connectivity index (χ0n) is 11.5. The summed E-state index contributed by atoms with van der Waals surface area (Å²) in [6, 6.07) is 0. The van der Waals surface area contributed by atoms with E-state index in [9.17, 15) is 0 Å². The maximum atomic E-state index is 3.64. The van der Waals surface area contributed by atoms with Gasteiger partial charge in [-0.1, -0.05) is 53.9 Å². The Balaban J connectivity index is 3.62. The zero-order valence-corrected chi connectivity index (χ0v) is 11.5. The van der Waals surface area contributed by atoms with E-state index < -0.39 is 0 Å². The van der Waals surface area contributed by atoms with E-state index in [2.05, 4.69) is 39.9 Å². The van der Waals surface area contributed by atoms with Gasteiger partial charge in [0.15, 0.2) is 0 Å². The van der Waals surface area contributed by atoms with E-state index in [0.29, 0.717) is 5.41 Å². The van der Waals surface area contributed by atoms with Crippen LogP contribution in [0.1, 0.15) is 66.7 Å². The van der Waals surface area contributed by atoms with Crippen LogP contribution in [-0.4, -0.2) is 13.1 Å². The molecular weight excluding hydrogens is 182 g/mol. The topological polar surface area (TPSA) is 12.0 Å². The van der Waals surface area contributed by atoms with Crippen LogP contribution in [0.25, 0.3) is 0 Å². The van der Waals surface area contributed by atoms with Gasteiger partial charge in [-0.2, -0.15) is 0 Å². The maximum Gasteiger partial charge on any atom is 0.000253 e. The molecule has 0 saturated heterocycles. The van der Waals surface area contributed by atoms with Gasteiger partial charge in [-0.15, -0.1) is 0 Å². The van der Waals surface area contributed by atoms with Crippen LogP contribution in [-0.2, 0) is 0 Å². The molecule has 0 rings (SSSR count). The first-order chi connectivity index (χ1) is 7.05. The second-order valence-corrected chi connectivity index (χ2v) is 5.57. The standard InChI is InChI=1S/C14H31N/c1-6-9-10-13(7-2)11-15-12-14(4,5)8-3/h13,15H,6-12H2,1-5H3. The maximum absolute atomic E-state index is 3.64. The van der Waals surface area contributed by atoms with Crippen LogP contribution in [0.3, 0.4) is 0 Å². The molecule has 0 bridgehead atoms. The SMILES string of the molecule is CCCCC(CC)CNCC(C)(C)CC. The largest absolute Gasteiger partial charge is 0.316 e. The van der Waals surface area contributed by atoms with Crippen molar-refractivity contribution in [1.82, 2.24) is 5.32 Å². The monoisotopic (exact) mass is 213 g/mol. The van der Waals surface area contributed by atoms with Crippen molar-refractivity contribution in [3.8, 4) is 0 Å². The predicted molar refractivity (Wildman–Crippen MR) is 70.2 cm³/mol. The van der Waals surface area contributed by atoms with Crippen LogP contribution >= 0.6 is 0 Å². The molecule has 0 heterocycles. The van der Waals surface area contributed by atoms with E-state index in [-0.39, 0.29) is 0 Å². The molecule has 0 spiro atoms. The molecule has 15 heavy (non-hydrogen) atoms. The summed E-state index contributed by atoms with van der Waals surface area (Å²) in [5.41, 5.74) is 0.461. The minimum atomic E-state index is 0.461. The van der Waals surface area contributed by atoms with Crippen molar-refractivity contribution >= 4 is 0 Å². The second kappa shape index (κ2) is 8.15. The molecule has 1 N–H and O–H groups in total. The molecule has 0 saturated carbocycles. The number of hydrogen-bond donors (Lipinski definition) is 1. The molecule has 0 radical (unpaired) electrons. The normalized spacial score (nSPS) is 14.2. The molecular formula is C14H31N. The van der Waals surface area contributed by atoms with Crippen molar-refractivity contribution < 1.29 is 0 Å². The Morgan fingerprint density at radius 2 is 1.80 bits per heavy atom. The number of rotatable bonds is 9. The summed E-state index contributed by atoms with van der Waals surface area (Å²) in [5, 5.41) is 3.64. The summed E-state index contributed by atoms with van der Waals surface area (Å²) in [4.78, 5) is 0. The summed E-state index contributed by atoms with van der Waals surface area (Å²) < 4.78 is 0. The Morgan fingerprint density at radius 3 is 2.27 bits per heavy atom. The molecule has 0 aliphatic rings. The van der Waals surface area contributed by atoms with E-state index in [1.54, 1.807) is 0 Å². The van der Waals surface area contributed by atoms with E-state index in [1.807, 2.05) is 0 Å². The van der Waals surface area contributed by atoms with Crippen molar-refractivity contribution in [2.75, 3.05) is 13.1 Å². The Hall–Kier alpha value is -0.0400. The van der Waals surface area contributed by atoms with Gasteiger partial charge in [0.1, 0.15) is 0 Å². The minimum Gasteiger partial charge on any atom is -0.316 e. The van der Waals surface area contributed by atoms with Crippen LogP contribution in [0, 0.1) is 11.3 Å². The van der Waals surface area contributed by atoms with Crippen molar-refractivity contribution in [2.45, 2.75) is 66.7 Å². The van der Waals surface area contributed by atoms with Gasteiger partial charge in [-0.3, -0.25) is 0 Å². The third kappa shape index (κ3) is 7.84. The fraction of sp³-hybridized carbons (Fsp3) is 1.00.